The smallest absolute Gasteiger partial charge is 0.126 e. The van der Waals surface area contributed by atoms with Crippen LogP contribution < -0.4 is 15.1 Å². The van der Waals surface area contributed by atoms with Crippen molar-refractivity contribution in [1.82, 2.24) is 9.88 Å². The molecule has 50 heavy (non-hydrogen) atoms. The minimum absolute atomic E-state index is 0.216. The molecule has 0 saturated carbocycles. The molecule has 240 valence electrons. The van der Waals surface area contributed by atoms with Gasteiger partial charge in [0.2, 0.25) is 0 Å². The highest BCUT2D eigenvalue weighted by molar-refractivity contribution is 7.18. The number of hydrogen-bond donors (Lipinski definition) is 1. The maximum Gasteiger partial charge on any atom is 0.126 e. The van der Waals surface area contributed by atoms with E-state index in [1.807, 2.05) is 23.5 Å². The second kappa shape index (κ2) is 12.0. The van der Waals surface area contributed by atoms with Gasteiger partial charge in [0.15, 0.2) is 0 Å². The molecular weight excluding hydrogens is 629 g/mol. The van der Waals surface area contributed by atoms with E-state index in [1.165, 1.54) is 52.8 Å². The topological polar surface area (TPSA) is 43.4 Å². The summed E-state index contributed by atoms with van der Waals surface area (Å²) in [7, 11) is 0. The molecule has 2 unspecified atom stereocenters. The van der Waals surface area contributed by atoms with Gasteiger partial charge in [0.25, 0.3) is 0 Å². The fourth-order valence-electron chi connectivity index (χ4n) is 7.61. The molecule has 0 bridgehead atoms. The van der Waals surface area contributed by atoms with Crippen LogP contribution in [0.3, 0.4) is 0 Å². The maximum atomic E-state index is 5.21. The largest absolute Gasteiger partial charge is 0.613 e. The van der Waals surface area contributed by atoms with E-state index in [9.17, 15) is 0 Å². The predicted octanol–water partition coefficient (Wildman–Crippen LogP) is 10.1. The predicted molar refractivity (Wildman–Crippen MR) is 210 cm³/mol. The highest BCUT2D eigenvalue weighted by Gasteiger charge is 2.21. The Bertz CT molecular complexity index is 2710. The molecule has 4 nitrogen and oxygen atoms in total. The van der Waals surface area contributed by atoms with Crippen LogP contribution in [0.4, 0.5) is 0 Å². The lowest BCUT2D eigenvalue weighted by atomic mass is 10.0. The molecule has 1 aliphatic carbocycles. The fourth-order valence-corrected chi connectivity index (χ4v) is 8.93. The summed E-state index contributed by atoms with van der Waals surface area (Å²) in [5.74, 6) is 0.845. The average molecular weight is 662 g/mol. The van der Waals surface area contributed by atoms with E-state index in [1.54, 1.807) is 0 Å². The van der Waals surface area contributed by atoms with E-state index in [0.717, 1.165) is 41.1 Å². The summed E-state index contributed by atoms with van der Waals surface area (Å²) < 4.78 is 5.20. The number of thiophene rings is 1. The van der Waals surface area contributed by atoms with Crippen LogP contribution in [0.2, 0.25) is 0 Å². The second-order valence-corrected chi connectivity index (χ2v) is 14.1. The van der Waals surface area contributed by atoms with Crippen LogP contribution >= 0.6 is 11.3 Å². The third-order valence-electron chi connectivity index (χ3n) is 10.0. The van der Waals surface area contributed by atoms with E-state index in [0.29, 0.717) is 0 Å². The van der Waals surface area contributed by atoms with E-state index in [4.69, 9.17) is 10.3 Å². The number of benzene rings is 6. The normalized spacial score (nSPS) is 17.2. The number of nitrogens with one attached hydrogen (secondary N) is 1. The number of aliphatic imine (C=N–C) groups is 1. The van der Waals surface area contributed by atoms with Gasteiger partial charge in [0.1, 0.15) is 5.84 Å². The molecule has 0 amide bonds. The average Bonchev–Trinajstić information content (AvgIpc) is 3.74. The summed E-state index contributed by atoms with van der Waals surface area (Å²) in [5.41, 5.74) is 9.25. The molecule has 0 fully saturated rings. The van der Waals surface area contributed by atoms with Gasteiger partial charge in [-0.05, 0) is 76.9 Å². The van der Waals surface area contributed by atoms with E-state index < -0.39 is 0 Å². The molecule has 8 aromatic rings. The Kier molecular flexibility index (Phi) is 7.00. The van der Waals surface area contributed by atoms with Gasteiger partial charge in [-0.2, -0.15) is 0 Å². The molecule has 1 N–H and O–H groups in total. The van der Waals surface area contributed by atoms with Gasteiger partial charge < -0.3 is 15.2 Å². The maximum absolute atomic E-state index is 5.21. The van der Waals surface area contributed by atoms with Gasteiger partial charge in [-0.1, -0.05) is 133 Å². The zero-order valence-electron chi connectivity index (χ0n) is 27.3. The van der Waals surface area contributed by atoms with E-state index in [-0.39, 0.29) is 12.3 Å². The third kappa shape index (κ3) is 4.89. The fraction of sp³-hybridized carbons (Fsp3) is 0.0889. The van der Waals surface area contributed by atoms with Crippen LogP contribution in [0, 0.1) is 0 Å². The van der Waals surface area contributed by atoms with Crippen LogP contribution in [0.15, 0.2) is 151 Å². The number of fused-ring (bicyclic) bond motifs is 7. The van der Waals surface area contributed by atoms with Crippen LogP contribution in [-0.2, 0) is 0 Å². The first-order valence-electron chi connectivity index (χ1n) is 17.3. The zero-order valence-corrected chi connectivity index (χ0v) is 28.1. The Balaban J connectivity index is 1.19. The second-order valence-electron chi connectivity index (χ2n) is 13.1. The zero-order chi connectivity index (χ0) is 33.0. The Labute approximate surface area is 294 Å². The lowest BCUT2D eigenvalue weighted by molar-refractivity contribution is 0.631. The van der Waals surface area contributed by atoms with E-state index in [2.05, 4.69) is 155 Å². The minimum atomic E-state index is -0.310. The standard InChI is InChI=1S/C45H33N4S/c1-4-13-29(14-5-1)32-23-26-39-38(28-32)36-24-25-37-35-21-10-11-22-40(35)50-42(37)41(36)49(39)34-20-12-19-33(27-34)45-47-43(30-15-6-2-7-16-30)46-44(48-45)31-17-8-3-9-18-31/h1-9,12-28,43-44H,10-11H2,(H,47,48)/q-1. The minimum Gasteiger partial charge on any atom is -0.613 e. The van der Waals surface area contributed by atoms with Gasteiger partial charge in [0, 0.05) is 31.9 Å². The van der Waals surface area contributed by atoms with Gasteiger partial charge in [-0.3, -0.25) is 4.99 Å². The third-order valence-corrected chi connectivity index (χ3v) is 11.2. The summed E-state index contributed by atoms with van der Waals surface area (Å²) in [6.45, 7) is 0. The quantitative estimate of drug-likeness (QED) is 0.196. The van der Waals surface area contributed by atoms with Crippen LogP contribution in [0.5, 0.6) is 0 Å². The van der Waals surface area contributed by atoms with Crippen molar-refractivity contribution in [2.75, 3.05) is 0 Å². The number of nitrogens with zero attached hydrogens (tertiary/aromatic N) is 3. The van der Waals surface area contributed by atoms with Crippen molar-refractivity contribution < 1.29 is 0 Å². The first kappa shape index (κ1) is 29.2. The Morgan fingerprint density at radius 2 is 1.34 bits per heavy atom. The Morgan fingerprint density at radius 1 is 0.620 bits per heavy atom. The van der Waals surface area contributed by atoms with E-state index >= 15 is 0 Å². The molecular formula is C45H33N4S-. The molecule has 2 aliphatic rings. The van der Waals surface area contributed by atoms with Crippen molar-refractivity contribution in [3.8, 4) is 16.8 Å². The molecule has 0 spiro atoms. The summed E-state index contributed by atoms with van der Waals surface area (Å²) in [6, 6.07) is 52.0. The van der Waals surface area contributed by atoms with Crippen molar-refractivity contribution in [1.29, 1.82) is 0 Å². The van der Waals surface area contributed by atoms with Crippen molar-refractivity contribution >= 4 is 61.2 Å². The Morgan fingerprint density at radius 3 is 2.16 bits per heavy atom. The summed E-state index contributed by atoms with van der Waals surface area (Å²) >= 11 is 1.93. The SMILES string of the molecule is C1=c2sc3c(ccc4c5cc(-c6ccccc6)ccc5n(-c5cccc(C6=NC(c7ccccc7)[N-]C(c7ccccc7)N6)c5)c43)c2=CCC1. The highest BCUT2D eigenvalue weighted by atomic mass is 32.1. The summed E-state index contributed by atoms with van der Waals surface area (Å²) in [5, 5.41) is 14.1. The van der Waals surface area contributed by atoms with Gasteiger partial charge in [0.05, 0.1) is 15.7 Å². The van der Waals surface area contributed by atoms with Crippen molar-refractivity contribution in [3.63, 3.8) is 0 Å². The molecule has 5 heteroatoms. The lowest BCUT2D eigenvalue weighted by Crippen LogP contribution is -2.34. The molecule has 2 atom stereocenters. The lowest BCUT2D eigenvalue weighted by Gasteiger charge is -2.44. The summed E-state index contributed by atoms with van der Waals surface area (Å²) in [6.07, 6.45) is 6.51. The Hall–Kier alpha value is -5.75. The van der Waals surface area contributed by atoms with Crippen molar-refractivity contribution in [2.45, 2.75) is 25.2 Å². The van der Waals surface area contributed by atoms with Gasteiger partial charge in [-0.15, -0.1) is 11.3 Å². The molecule has 10 rings (SSSR count). The monoisotopic (exact) mass is 661 g/mol. The van der Waals surface area contributed by atoms with Crippen LogP contribution in [0.25, 0.3) is 66.2 Å². The number of hydrogen-bond acceptors (Lipinski definition) is 3. The summed E-state index contributed by atoms with van der Waals surface area (Å²) in [4.78, 5) is 5.21. The van der Waals surface area contributed by atoms with Crippen LogP contribution in [-0.4, -0.2) is 10.4 Å². The van der Waals surface area contributed by atoms with Crippen molar-refractivity contribution in [2.24, 2.45) is 4.99 Å². The number of rotatable bonds is 5. The van der Waals surface area contributed by atoms with Crippen molar-refractivity contribution in [3.05, 3.63) is 177 Å². The number of amidine groups is 1. The van der Waals surface area contributed by atoms with Gasteiger partial charge in [-0.25, -0.2) is 0 Å². The van der Waals surface area contributed by atoms with Gasteiger partial charge >= 0.3 is 0 Å². The molecule has 0 radical (unpaired) electrons. The molecule has 6 aromatic carbocycles. The first-order chi connectivity index (χ1) is 24.8. The molecule has 3 heterocycles. The first-order valence-corrected chi connectivity index (χ1v) is 18.1. The molecule has 0 saturated heterocycles. The highest BCUT2D eigenvalue weighted by Crippen LogP contribution is 2.40. The molecule has 1 aliphatic heterocycles. The molecule has 2 aromatic heterocycles. The van der Waals surface area contributed by atoms with Crippen LogP contribution in [0.1, 0.15) is 41.9 Å². The number of aromatic nitrogens is 1.